The van der Waals surface area contributed by atoms with Gasteiger partial charge < -0.3 is 15.0 Å². The Morgan fingerprint density at radius 1 is 1.24 bits per heavy atom. The number of aryl methyl sites for hydroxylation is 1. The number of phenolic OH excluding ortho intramolecular Hbond substituents is 1. The summed E-state index contributed by atoms with van der Waals surface area (Å²) in [5, 5.41) is 12.5. The molecule has 0 fully saturated rings. The van der Waals surface area contributed by atoms with Gasteiger partial charge in [-0.1, -0.05) is 24.3 Å². The van der Waals surface area contributed by atoms with Crippen molar-refractivity contribution in [2.45, 2.75) is 32.6 Å². The van der Waals surface area contributed by atoms with Crippen LogP contribution < -0.4 is 5.32 Å². The van der Waals surface area contributed by atoms with E-state index in [1.54, 1.807) is 31.3 Å². The summed E-state index contributed by atoms with van der Waals surface area (Å²) < 4.78 is 40.4. The van der Waals surface area contributed by atoms with Gasteiger partial charge in [-0.2, -0.15) is 13.2 Å². The van der Waals surface area contributed by atoms with E-state index in [1.165, 1.54) is 6.08 Å². The summed E-state index contributed by atoms with van der Waals surface area (Å²) in [6.07, 6.45) is -0.250. The highest BCUT2D eigenvalue weighted by atomic mass is 19.4. The van der Waals surface area contributed by atoms with E-state index in [0.29, 0.717) is 23.5 Å². The van der Waals surface area contributed by atoms with E-state index in [-0.39, 0.29) is 5.75 Å². The number of imidazole rings is 1. The second-order valence-electron chi connectivity index (χ2n) is 6.00. The van der Waals surface area contributed by atoms with Crippen molar-refractivity contribution in [3.05, 3.63) is 65.4 Å². The molecule has 0 bridgehead atoms. The number of dihydropyridines is 1. The number of halogens is 3. The van der Waals surface area contributed by atoms with E-state index >= 15 is 0 Å². The SMILES string of the molecule is Cc1cnc(C2=CC=C(C(F)(F)F)NC2C)n1Cc1ccccc1O. The maximum atomic E-state index is 12.9. The number of phenols is 1. The molecule has 2 N–H and O–H groups in total. The standard InChI is InChI=1S/C18H18F3N3O/c1-11-9-22-17(24(11)10-13-5-3-4-6-15(13)25)14-7-8-16(18(19,20)21)23-12(14)2/h3-9,12,23,25H,10H2,1-2H3. The third kappa shape index (κ3) is 3.40. The van der Waals surface area contributed by atoms with Crippen molar-refractivity contribution < 1.29 is 18.3 Å². The number of alkyl halides is 3. The van der Waals surface area contributed by atoms with Crippen molar-refractivity contribution in [2.75, 3.05) is 0 Å². The highest BCUT2D eigenvalue weighted by Gasteiger charge is 2.36. The molecule has 0 spiro atoms. The third-order valence-electron chi connectivity index (χ3n) is 4.21. The molecule has 1 aromatic carbocycles. The minimum Gasteiger partial charge on any atom is -0.508 e. The number of nitrogens with one attached hydrogen (secondary N) is 1. The number of para-hydroxylation sites is 1. The van der Waals surface area contributed by atoms with Gasteiger partial charge in [-0.15, -0.1) is 0 Å². The molecule has 25 heavy (non-hydrogen) atoms. The monoisotopic (exact) mass is 349 g/mol. The predicted octanol–water partition coefficient (Wildman–Crippen LogP) is 3.77. The van der Waals surface area contributed by atoms with Crippen molar-refractivity contribution >= 4 is 5.57 Å². The Hall–Kier alpha value is -2.70. The first-order chi connectivity index (χ1) is 11.8. The predicted molar refractivity (Wildman–Crippen MR) is 88.9 cm³/mol. The van der Waals surface area contributed by atoms with Crippen LogP contribution >= 0.6 is 0 Å². The summed E-state index contributed by atoms with van der Waals surface area (Å²) in [6.45, 7) is 3.92. The van der Waals surface area contributed by atoms with Gasteiger partial charge in [0.2, 0.25) is 0 Å². The molecule has 0 amide bonds. The summed E-state index contributed by atoms with van der Waals surface area (Å²) in [6, 6.07) is 6.43. The van der Waals surface area contributed by atoms with E-state index in [0.717, 1.165) is 11.8 Å². The highest BCUT2D eigenvalue weighted by Crippen LogP contribution is 2.30. The fourth-order valence-electron chi connectivity index (χ4n) is 2.83. The molecule has 7 heteroatoms. The van der Waals surface area contributed by atoms with Crippen LogP contribution in [0.4, 0.5) is 13.2 Å². The van der Waals surface area contributed by atoms with E-state index in [2.05, 4.69) is 10.3 Å². The Labute approximate surface area is 143 Å². The molecule has 1 aromatic heterocycles. The first kappa shape index (κ1) is 17.1. The number of aromatic hydroxyl groups is 1. The molecule has 4 nitrogen and oxygen atoms in total. The number of benzene rings is 1. The molecule has 1 unspecified atom stereocenters. The molecule has 1 atom stereocenters. The lowest BCUT2D eigenvalue weighted by Crippen LogP contribution is -2.36. The van der Waals surface area contributed by atoms with Gasteiger partial charge in [-0.25, -0.2) is 4.98 Å². The Bertz CT molecular complexity index is 849. The van der Waals surface area contributed by atoms with Crippen LogP contribution in [0.15, 0.2) is 48.3 Å². The number of hydrogen-bond acceptors (Lipinski definition) is 3. The Morgan fingerprint density at radius 2 is 1.96 bits per heavy atom. The molecule has 0 saturated carbocycles. The maximum absolute atomic E-state index is 12.9. The molecule has 132 valence electrons. The minimum atomic E-state index is -4.41. The van der Waals surface area contributed by atoms with Gasteiger partial charge in [0.25, 0.3) is 0 Å². The highest BCUT2D eigenvalue weighted by molar-refractivity contribution is 5.69. The number of aromatic nitrogens is 2. The van der Waals surface area contributed by atoms with Crippen LogP contribution in [-0.4, -0.2) is 26.9 Å². The van der Waals surface area contributed by atoms with Gasteiger partial charge in [0.1, 0.15) is 17.3 Å². The fourth-order valence-corrected chi connectivity index (χ4v) is 2.83. The van der Waals surface area contributed by atoms with Crippen molar-refractivity contribution in [3.63, 3.8) is 0 Å². The summed E-state index contributed by atoms with van der Waals surface area (Å²) in [7, 11) is 0. The summed E-state index contributed by atoms with van der Waals surface area (Å²) in [4.78, 5) is 4.37. The molecule has 1 aliphatic rings. The summed E-state index contributed by atoms with van der Waals surface area (Å²) in [5.74, 6) is 0.753. The third-order valence-corrected chi connectivity index (χ3v) is 4.21. The molecule has 1 aliphatic heterocycles. The molecular weight excluding hydrogens is 331 g/mol. The number of rotatable bonds is 3. The normalized spacial score (nSPS) is 17.7. The average Bonchev–Trinajstić information content (AvgIpc) is 2.89. The zero-order valence-electron chi connectivity index (χ0n) is 13.8. The molecule has 0 aliphatic carbocycles. The molecule has 2 aromatic rings. The largest absolute Gasteiger partial charge is 0.508 e. The lowest BCUT2D eigenvalue weighted by atomic mass is 10.0. The van der Waals surface area contributed by atoms with Crippen LogP contribution in [0, 0.1) is 6.92 Å². The molecule has 2 heterocycles. The lowest BCUT2D eigenvalue weighted by molar-refractivity contribution is -0.0973. The topological polar surface area (TPSA) is 50.1 Å². The van der Waals surface area contributed by atoms with Crippen LogP contribution in [0.5, 0.6) is 5.75 Å². The van der Waals surface area contributed by atoms with Crippen LogP contribution in [0.1, 0.15) is 24.0 Å². The zero-order valence-corrected chi connectivity index (χ0v) is 13.8. The van der Waals surface area contributed by atoms with Gasteiger partial charge in [-0.3, -0.25) is 0 Å². The number of nitrogens with zero attached hydrogens (tertiary/aromatic N) is 2. The number of hydrogen-bond donors (Lipinski definition) is 2. The van der Waals surface area contributed by atoms with E-state index in [4.69, 9.17) is 0 Å². The first-order valence-electron chi connectivity index (χ1n) is 7.82. The van der Waals surface area contributed by atoms with Crippen molar-refractivity contribution in [2.24, 2.45) is 0 Å². The Kier molecular flexibility index (Phi) is 4.32. The van der Waals surface area contributed by atoms with Gasteiger partial charge in [0.05, 0.1) is 12.6 Å². The van der Waals surface area contributed by atoms with Crippen LogP contribution in [-0.2, 0) is 6.54 Å². The molecule has 0 radical (unpaired) electrons. The van der Waals surface area contributed by atoms with E-state index in [9.17, 15) is 18.3 Å². The van der Waals surface area contributed by atoms with E-state index < -0.39 is 17.9 Å². The minimum absolute atomic E-state index is 0.171. The second-order valence-corrected chi connectivity index (χ2v) is 6.00. The Balaban J connectivity index is 1.98. The van der Waals surface area contributed by atoms with Crippen molar-refractivity contribution in [1.29, 1.82) is 0 Å². The van der Waals surface area contributed by atoms with E-state index in [1.807, 2.05) is 17.6 Å². The van der Waals surface area contributed by atoms with Gasteiger partial charge in [0.15, 0.2) is 0 Å². The smallest absolute Gasteiger partial charge is 0.430 e. The molecule has 0 saturated heterocycles. The molecular formula is C18H18F3N3O. The van der Waals surface area contributed by atoms with Gasteiger partial charge >= 0.3 is 6.18 Å². The zero-order chi connectivity index (χ0) is 18.2. The maximum Gasteiger partial charge on any atom is 0.430 e. The number of allylic oxidation sites excluding steroid dienone is 3. The Morgan fingerprint density at radius 3 is 2.60 bits per heavy atom. The average molecular weight is 349 g/mol. The van der Waals surface area contributed by atoms with Gasteiger partial charge in [0, 0.05) is 23.0 Å². The van der Waals surface area contributed by atoms with Crippen LogP contribution in [0.3, 0.4) is 0 Å². The quantitative estimate of drug-likeness (QED) is 0.887. The van der Waals surface area contributed by atoms with Crippen LogP contribution in [0.25, 0.3) is 5.57 Å². The second kappa shape index (κ2) is 6.31. The fraction of sp³-hybridized carbons (Fsp3) is 0.278. The van der Waals surface area contributed by atoms with Gasteiger partial charge in [-0.05, 0) is 26.0 Å². The van der Waals surface area contributed by atoms with Crippen molar-refractivity contribution in [1.82, 2.24) is 14.9 Å². The molecule has 3 rings (SSSR count). The lowest BCUT2D eigenvalue weighted by Gasteiger charge is -2.26. The summed E-state index contributed by atoms with van der Waals surface area (Å²) in [5.41, 5.74) is 1.47. The van der Waals surface area contributed by atoms with Crippen molar-refractivity contribution in [3.8, 4) is 5.75 Å². The van der Waals surface area contributed by atoms with Crippen LogP contribution in [0.2, 0.25) is 0 Å². The first-order valence-corrected chi connectivity index (χ1v) is 7.82. The summed E-state index contributed by atoms with van der Waals surface area (Å²) >= 11 is 0.